The molecule has 0 fully saturated rings. The van der Waals surface area contributed by atoms with Gasteiger partial charge in [0.05, 0.1) is 0 Å². The first-order valence-electron chi connectivity index (χ1n) is 7.27. The van der Waals surface area contributed by atoms with Gasteiger partial charge in [-0.2, -0.15) is 0 Å². The fourth-order valence-electron chi connectivity index (χ4n) is 1.88. The molecule has 0 aromatic heterocycles. The van der Waals surface area contributed by atoms with Gasteiger partial charge in [-0.05, 0) is 50.2 Å². The smallest absolute Gasteiger partial charge is 0.352 e. The molecular formula is C18H19NO4. The molecule has 0 aliphatic heterocycles. The molecular weight excluding hydrogens is 294 g/mol. The lowest BCUT2D eigenvalue weighted by molar-refractivity contribution is -0.141. The van der Waals surface area contributed by atoms with Crippen molar-refractivity contribution >= 4 is 17.6 Å². The maximum absolute atomic E-state index is 12.0. The van der Waals surface area contributed by atoms with Crippen LogP contribution >= 0.6 is 0 Å². The number of nitrogens with one attached hydrogen (secondary N) is 1. The van der Waals surface area contributed by atoms with Gasteiger partial charge < -0.3 is 14.8 Å². The lowest BCUT2D eigenvalue weighted by atomic mass is 10.2. The van der Waals surface area contributed by atoms with Crippen LogP contribution in [0.3, 0.4) is 0 Å². The summed E-state index contributed by atoms with van der Waals surface area (Å²) in [6, 6.07) is 14.0. The summed E-state index contributed by atoms with van der Waals surface area (Å²) < 4.78 is 10.8. The second-order valence-corrected chi connectivity index (χ2v) is 5.20. The second-order valence-electron chi connectivity index (χ2n) is 5.20. The van der Waals surface area contributed by atoms with Gasteiger partial charge >= 0.3 is 5.97 Å². The SMILES string of the molecule is CC(=O)Nc1ccc(OC(=O)[C@H](C)Oc2ccc(C)cc2)cc1. The van der Waals surface area contributed by atoms with Crippen molar-refractivity contribution in [3.8, 4) is 11.5 Å². The summed E-state index contributed by atoms with van der Waals surface area (Å²) in [5.41, 5.74) is 1.76. The first-order valence-corrected chi connectivity index (χ1v) is 7.27. The number of esters is 1. The molecule has 0 heterocycles. The minimum atomic E-state index is -0.729. The van der Waals surface area contributed by atoms with Gasteiger partial charge in [0.1, 0.15) is 11.5 Å². The number of rotatable bonds is 5. The number of carbonyl (C=O) groups is 2. The van der Waals surface area contributed by atoms with Crippen molar-refractivity contribution in [2.45, 2.75) is 26.9 Å². The van der Waals surface area contributed by atoms with E-state index in [4.69, 9.17) is 9.47 Å². The molecule has 2 aromatic rings. The molecule has 0 aliphatic carbocycles. The van der Waals surface area contributed by atoms with Crippen molar-refractivity contribution in [1.29, 1.82) is 0 Å². The topological polar surface area (TPSA) is 64.6 Å². The van der Waals surface area contributed by atoms with E-state index in [0.29, 0.717) is 17.2 Å². The molecule has 23 heavy (non-hydrogen) atoms. The van der Waals surface area contributed by atoms with Crippen LogP contribution in [0.5, 0.6) is 11.5 Å². The molecule has 5 heteroatoms. The molecule has 2 rings (SSSR count). The number of anilines is 1. The Labute approximate surface area is 135 Å². The van der Waals surface area contributed by atoms with E-state index in [1.165, 1.54) is 6.92 Å². The normalized spacial score (nSPS) is 11.4. The Hall–Kier alpha value is -2.82. The quantitative estimate of drug-likeness (QED) is 0.679. The Kier molecular flexibility index (Phi) is 5.36. The van der Waals surface area contributed by atoms with Crippen molar-refractivity contribution in [2.24, 2.45) is 0 Å². The van der Waals surface area contributed by atoms with Crippen molar-refractivity contribution < 1.29 is 19.1 Å². The number of benzene rings is 2. The first-order chi connectivity index (χ1) is 10.9. The molecule has 120 valence electrons. The highest BCUT2D eigenvalue weighted by Gasteiger charge is 2.17. The van der Waals surface area contributed by atoms with Gasteiger partial charge in [-0.25, -0.2) is 4.79 Å². The fraction of sp³-hybridized carbons (Fsp3) is 0.222. The highest BCUT2D eigenvalue weighted by Crippen LogP contribution is 2.18. The second kappa shape index (κ2) is 7.45. The molecule has 1 atom stereocenters. The van der Waals surface area contributed by atoms with Crippen LogP contribution < -0.4 is 14.8 Å². The van der Waals surface area contributed by atoms with Gasteiger partial charge in [-0.15, -0.1) is 0 Å². The molecule has 1 amide bonds. The molecule has 1 N–H and O–H groups in total. The molecule has 0 saturated carbocycles. The van der Waals surface area contributed by atoms with Crippen LogP contribution in [0, 0.1) is 6.92 Å². The van der Waals surface area contributed by atoms with E-state index < -0.39 is 12.1 Å². The third-order valence-electron chi connectivity index (χ3n) is 3.06. The van der Waals surface area contributed by atoms with E-state index in [0.717, 1.165) is 5.56 Å². The lowest BCUT2D eigenvalue weighted by Gasteiger charge is -2.14. The molecule has 0 aliphatic rings. The summed E-state index contributed by atoms with van der Waals surface area (Å²) in [6.07, 6.45) is -0.729. The van der Waals surface area contributed by atoms with Gasteiger partial charge in [0.15, 0.2) is 6.10 Å². The summed E-state index contributed by atoms with van der Waals surface area (Å²) in [4.78, 5) is 23.0. The average molecular weight is 313 g/mol. The van der Waals surface area contributed by atoms with Gasteiger partial charge in [0.25, 0.3) is 0 Å². The van der Waals surface area contributed by atoms with E-state index in [-0.39, 0.29) is 5.91 Å². The molecule has 0 saturated heterocycles. The Balaban J connectivity index is 1.92. The lowest BCUT2D eigenvalue weighted by Crippen LogP contribution is -2.28. The summed E-state index contributed by atoms with van der Waals surface area (Å²) in [5.74, 6) is 0.359. The van der Waals surface area contributed by atoms with E-state index in [1.54, 1.807) is 43.3 Å². The standard InChI is InChI=1S/C18H19NO4/c1-12-4-8-16(9-5-12)22-13(2)18(21)23-17-10-6-15(7-11-17)19-14(3)20/h4-11,13H,1-3H3,(H,19,20)/t13-/m0/s1. The zero-order valence-electron chi connectivity index (χ0n) is 13.3. The average Bonchev–Trinajstić information content (AvgIpc) is 2.51. The Morgan fingerprint density at radius 2 is 1.52 bits per heavy atom. The van der Waals surface area contributed by atoms with Crippen LogP contribution in [0.1, 0.15) is 19.4 Å². The molecule has 5 nitrogen and oxygen atoms in total. The van der Waals surface area contributed by atoms with Crippen LogP contribution in [0.2, 0.25) is 0 Å². The van der Waals surface area contributed by atoms with Gasteiger partial charge in [-0.3, -0.25) is 4.79 Å². The van der Waals surface area contributed by atoms with E-state index in [2.05, 4.69) is 5.32 Å². The zero-order valence-corrected chi connectivity index (χ0v) is 13.3. The third-order valence-corrected chi connectivity index (χ3v) is 3.06. The summed E-state index contributed by atoms with van der Waals surface area (Å²) in [5, 5.41) is 2.64. The van der Waals surface area contributed by atoms with Gasteiger partial charge in [0, 0.05) is 12.6 Å². The molecule has 0 spiro atoms. The van der Waals surface area contributed by atoms with Gasteiger partial charge in [0.2, 0.25) is 5.91 Å². The van der Waals surface area contributed by atoms with Crippen LogP contribution in [0.15, 0.2) is 48.5 Å². The Bertz CT molecular complexity index is 677. The first kappa shape index (κ1) is 16.5. The monoisotopic (exact) mass is 313 g/mol. The van der Waals surface area contributed by atoms with Crippen molar-refractivity contribution in [3.05, 3.63) is 54.1 Å². The van der Waals surface area contributed by atoms with E-state index in [9.17, 15) is 9.59 Å². The summed E-state index contributed by atoms with van der Waals surface area (Å²) in [6.45, 7) is 5.04. The number of carbonyl (C=O) groups excluding carboxylic acids is 2. The highest BCUT2D eigenvalue weighted by molar-refractivity contribution is 5.88. The summed E-state index contributed by atoms with van der Waals surface area (Å²) in [7, 11) is 0. The largest absolute Gasteiger partial charge is 0.479 e. The minimum Gasteiger partial charge on any atom is -0.479 e. The number of amides is 1. The van der Waals surface area contributed by atoms with Crippen LogP contribution in [0.4, 0.5) is 5.69 Å². The number of hydrogen-bond acceptors (Lipinski definition) is 4. The number of hydrogen-bond donors (Lipinski definition) is 1. The van der Waals surface area contributed by atoms with E-state index in [1.807, 2.05) is 19.1 Å². The van der Waals surface area contributed by atoms with Crippen molar-refractivity contribution in [1.82, 2.24) is 0 Å². The van der Waals surface area contributed by atoms with Gasteiger partial charge in [-0.1, -0.05) is 17.7 Å². The van der Waals surface area contributed by atoms with Crippen LogP contribution in [-0.4, -0.2) is 18.0 Å². The maximum Gasteiger partial charge on any atom is 0.352 e. The molecule has 2 aromatic carbocycles. The minimum absolute atomic E-state index is 0.158. The van der Waals surface area contributed by atoms with Crippen molar-refractivity contribution in [2.75, 3.05) is 5.32 Å². The predicted molar refractivity (Wildman–Crippen MR) is 87.6 cm³/mol. The summed E-state index contributed by atoms with van der Waals surface area (Å²) >= 11 is 0. The fourth-order valence-corrected chi connectivity index (χ4v) is 1.88. The zero-order chi connectivity index (χ0) is 16.8. The Morgan fingerprint density at radius 3 is 2.09 bits per heavy atom. The van der Waals surface area contributed by atoms with Crippen molar-refractivity contribution in [3.63, 3.8) is 0 Å². The van der Waals surface area contributed by atoms with Crippen LogP contribution in [0.25, 0.3) is 0 Å². The number of aryl methyl sites for hydroxylation is 1. The van der Waals surface area contributed by atoms with E-state index >= 15 is 0 Å². The molecule has 0 bridgehead atoms. The maximum atomic E-state index is 12.0. The highest BCUT2D eigenvalue weighted by atomic mass is 16.6. The number of ether oxygens (including phenoxy) is 2. The predicted octanol–water partition coefficient (Wildman–Crippen LogP) is 3.33. The molecule has 0 unspecified atom stereocenters. The Morgan fingerprint density at radius 1 is 0.957 bits per heavy atom. The third kappa shape index (κ3) is 5.14. The molecule has 0 radical (unpaired) electrons. The van der Waals surface area contributed by atoms with Crippen LogP contribution in [-0.2, 0) is 9.59 Å².